The molecule has 0 aliphatic heterocycles. The minimum absolute atomic E-state index is 0.459. The van der Waals surface area contributed by atoms with Crippen molar-refractivity contribution in [1.29, 1.82) is 0 Å². The number of benzene rings is 1. The highest BCUT2D eigenvalue weighted by Gasteiger charge is 1.98. The summed E-state index contributed by atoms with van der Waals surface area (Å²) in [4.78, 5) is 24.0. The first kappa shape index (κ1) is 12.0. The van der Waals surface area contributed by atoms with Gasteiger partial charge in [0, 0.05) is 16.9 Å². The number of carbonyl (C=O) groups excluding carboxylic acids is 2. The Hall–Kier alpha value is -2.10. The Kier molecular flexibility index (Phi) is 4.79. The quantitative estimate of drug-likeness (QED) is 0.625. The molecule has 2 N–H and O–H groups in total. The van der Waals surface area contributed by atoms with Crippen molar-refractivity contribution < 1.29 is 9.59 Å². The molecule has 0 aliphatic rings. The zero-order chi connectivity index (χ0) is 11.8. The molecule has 1 rings (SSSR count). The van der Waals surface area contributed by atoms with Crippen molar-refractivity contribution in [2.75, 3.05) is 5.32 Å². The molecule has 0 unspecified atom stereocenters. The first-order valence-corrected chi connectivity index (χ1v) is 4.65. The van der Waals surface area contributed by atoms with E-state index in [2.05, 4.69) is 15.6 Å². The van der Waals surface area contributed by atoms with Gasteiger partial charge < -0.3 is 10.6 Å². The molecule has 6 heteroatoms. The van der Waals surface area contributed by atoms with E-state index in [1.807, 2.05) is 0 Å². The molecule has 0 fully saturated rings. The summed E-state index contributed by atoms with van der Waals surface area (Å²) in [7, 11) is 0. The molecule has 0 saturated carbocycles. The summed E-state index contributed by atoms with van der Waals surface area (Å²) in [5, 5.41) is 5.40. The van der Waals surface area contributed by atoms with Crippen LogP contribution in [0.25, 0.3) is 0 Å². The predicted octanol–water partition coefficient (Wildman–Crippen LogP) is 2.27. The minimum Gasteiger partial charge on any atom is -0.313 e. The zero-order valence-corrected chi connectivity index (χ0v) is 8.86. The van der Waals surface area contributed by atoms with Crippen LogP contribution in [0.15, 0.2) is 41.7 Å². The number of urea groups is 1. The second-order valence-electron chi connectivity index (χ2n) is 2.64. The molecule has 0 atom stereocenters. The third-order valence-corrected chi connectivity index (χ3v) is 1.73. The lowest BCUT2D eigenvalue weighted by Crippen LogP contribution is -2.23. The highest BCUT2D eigenvalue weighted by atomic mass is 35.5. The van der Waals surface area contributed by atoms with E-state index in [1.54, 1.807) is 24.3 Å². The van der Waals surface area contributed by atoms with Crippen LogP contribution in [0.5, 0.6) is 0 Å². The van der Waals surface area contributed by atoms with E-state index in [0.29, 0.717) is 10.7 Å². The maximum atomic E-state index is 11.2. The van der Waals surface area contributed by atoms with Crippen LogP contribution in [0, 0.1) is 0 Å². The largest absolute Gasteiger partial charge is 0.323 e. The smallest absolute Gasteiger partial charge is 0.313 e. The van der Waals surface area contributed by atoms with Crippen LogP contribution in [0.4, 0.5) is 10.5 Å². The lowest BCUT2D eigenvalue weighted by molar-refractivity contribution is 0.255. The molecule has 0 radical (unpaired) electrons. The number of hydrogen-bond acceptors (Lipinski definition) is 3. The molecule has 1 aromatic carbocycles. The number of amides is 2. The Morgan fingerprint density at radius 2 is 2.31 bits per heavy atom. The van der Waals surface area contributed by atoms with Crippen LogP contribution < -0.4 is 10.6 Å². The molecular weight excluding hydrogens is 230 g/mol. The predicted molar refractivity (Wildman–Crippen MR) is 60.9 cm³/mol. The van der Waals surface area contributed by atoms with Crippen molar-refractivity contribution in [1.82, 2.24) is 5.32 Å². The SMILES string of the molecule is O=C=NC=CNC(=O)Nc1cccc(Cl)c1. The summed E-state index contributed by atoms with van der Waals surface area (Å²) in [6.45, 7) is 0. The Labute approximate surface area is 96.8 Å². The van der Waals surface area contributed by atoms with E-state index in [9.17, 15) is 9.59 Å². The number of aliphatic imine (C=N–C) groups is 1. The number of nitrogens with one attached hydrogen (secondary N) is 2. The average molecular weight is 238 g/mol. The van der Waals surface area contributed by atoms with Crippen LogP contribution in [0.2, 0.25) is 5.02 Å². The highest BCUT2D eigenvalue weighted by Crippen LogP contribution is 2.14. The number of rotatable bonds is 3. The molecule has 0 spiro atoms. The third kappa shape index (κ3) is 4.41. The van der Waals surface area contributed by atoms with Crippen LogP contribution >= 0.6 is 11.6 Å². The van der Waals surface area contributed by atoms with Gasteiger partial charge in [-0.05, 0) is 18.2 Å². The van der Waals surface area contributed by atoms with Crippen molar-refractivity contribution in [2.24, 2.45) is 4.99 Å². The normalized spacial score (nSPS) is 9.56. The van der Waals surface area contributed by atoms with Gasteiger partial charge in [0.05, 0.1) is 6.20 Å². The van der Waals surface area contributed by atoms with Gasteiger partial charge >= 0.3 is 6.03 Å². The van der Waals surface area contributed by atoms with Gasteiger partial charge in [0.25, 0.3) is 0 Å². The van der Waals surface area contributed by atoms with Gasteiger partial charge in [-0.25, -0.2) is 9.59 Å². The van der Waals surface area contributed by atoms with E-state index in [-0.39, 0.29) is 0 Å². The molecule has 2 amide bonds. The summed E-state index contributed by atoms with van der Waals surface area (Å²) in [6, 6.07) is 6.25. The highest BCUT2D eigenvalue weighted by molar-refractivity contribution is 6.30. The maximum absolute atomic E-state index is 11.2. The van der Waals surface area contributed by atoms with E-state index < -0.39 is 6.03 Å². The monoisotopic (exact) mass is 237 g/mol. The number of isocyanates is 1. The van der Waals surface area contributed by atoms with Crippen LogP contribution in [-0.4, -0.2) is 12.1 Å². The Bertz CT molecular complexity index is 453. The Balaban J connectivity index is 2.48. The molecule has 5 nitrogen and oxygen atoms in total. The number of hydrogen-bond donors (Lipinski definition) is 2. The number of halogens is 1. The number of carbonyl (C=O) groups is 1. The van der Waals surface area contributed by atoms with E-state index in [1.165, 1.54) is 12.3 Å². The molecular formula is C10H8ClN3O2. The summed E-state index contributed by atoms with van der Waals surface area (Å²) in [5.74, 6) is 0. The third-order valence-electron chi connectivity index (χ3n) is 1.50. The first-order chi connectivity index (χ1) is 7.72. The Morgan fingerprint density at radius 1 is 1.50 bits per heavy atom. The van der Waals surface area contributed by atoms with Crippen molar-refractivity contribution in [3.8, 4) is 0 Å². The first-order valence-electron chi connectivity index (χ1n) is 4.27. The van der Waals surface area contributed by atoms with Crippen molar-refractivity contribution in [2.45, 2.75) is 0 Å². The molecule has 82 valence electrons. The van der Waals surface area contributed by atoms with Gasteiger partial charge in [0.15, 0.2) is 0 Å². The maximum Gasteiger partial charge on any atom is 0.323 e. The van der Waals surface area contributed by atoms with Crippen LogP contribution in [0.1, 0.15) is 0 Å². The van der Waals surface area contributed by atoms with Crippen molar-refractivity contribution in [3.05, 3.63) is 41.7 Å². The van der Waals surface area contributed by atoms with Gasteiger partial charge in [-0.3, -0.25) is 0 Å². The Morgan fingerprint density at radius 3 is 3.00 bits per heavy atom. The fourth-order valence-electron chi connectivity index (χ4n) is 0.914. The molecule has 0 bridgehead atoms. The van der Waals surface area contributed by atoms with Crippen molar-refractivity contribution in [3.63, 3.8) is 0 Å². The van der Waals surface area contributed by atoms with Gasteiger partial charge in [-0.15, -0.1) is 0 Å². The van der Waals surface area contributed by atoms with E-state index in [4.69, 9.17) is 11.6 Å². The number of anilines is 1. The average Bonchev–Trinajstić information content (AvgIpc) is 2.24. The molecule has 16 heavy (non-hydrogen) atoms. The lowest BCUT2D eigenvalue weighted by Gasteiger charge is -2.03. The standard InChI is InChI=1S/C10H8ClN3O2/c11-8-2-1-3-9(6-8)14-10(16)13-5-4-12-7-15/h1-6H,(H2,13,14,16). The van der Waals surface area contributed by atoms with Gasteiger partial charge in [-0.1, -0.05) is 17.7 Å². The van der Waals surface area contributed by atoms with Crippen molar-refractivity contribution >= 4 is 29.4 Å². The summed E-state index contributed by atoms with van der Waals surface area (Å²) in [5.41, 5.74) is 0.567. The fourth-order valence-corrected chi connectivity index (χ4v) is 1.10. The lowest BCUT2D eigenvalue weighted by atomic mass is 10.3. The second kappa shape index (κ2) is 6.40. The van der Waals surface area contributed by atoms with Gasteiger partial charge in [0.1, 0.15) is 0 Å². The second-order valence-corrected chi connectivity index (χ2v) is 3.08. The summed E-state index contributed by atoms with van der Waals surface area (Å²) < 4.78 is 0. The summed E-state index contributed by atoms with van der Waals surface area (Å²) >= 11 is 5.73. The molecule has 0 aliphatic carbocycles. The fraction of sp³-hybridized carbons (Fsp3) is 0. The molecule has 0 saturated heterocycles. The van der Waals surface area contributed by atoms with Gasteiger partial charge in [-0.2, -0.15) is 4.99 Å². The molecule has 1 aromatic rings. The zero-order valence-electron chi connectivity index (χ0n) is 8.11. The molecule has 0 heterocycles. The van der Waals surface area contributed by atoms with Crippen LogP contribution in [0.3, 0.4) is 0 Å². The molecule has 0 aromatic heterocycles. The van der Waals surface area contributed by atoms with Crippen LogP contribution in [-0.2, 0) is 4.79 Å². The number of nitrogens with zero attached hydrogens (tertiary/aromatic N) is 1. The topological polar surface area (TPSA) is 70.6 Å². The minimum atomic E-state index is -0.459. The van der Waals surface area contributed by atoms with E-state index in [0.717, 1.165) is 6.20 Å². The van der Waals surface area contributed by atoms with Gasteiger partial charge in [0.2, 0.25) is 6.08 Å². The summed E-state index contributed by atoms with van der Waals surface area (Å²) in [6.07, 6.45) is 3.63. The van der Waals surface area contributed by atoms with E-state index >= 15 is 0 Å².